The van der Waals surface area contributed by atoms with E-state index in [4.69, 9.17) is 33.7 Å². The number of benzene rings is 2. The van der Waals surface area contributed by atoms with E-state index < -0.39 is 5.97 Å². The topological polar surface area (TPSA) is 85.2 Å². The molecule has 2 rings (SSSR count). The SMILES string of the molecule is CNc1ccc(C(=N)/C=C/C(=O)O)c(NCc2ccc(Cl)cc2Cl)c1. The quantitative estimate of drug-likeness (QED) is 0.417. The number of halogens is 2. The van der Waals surface area contributed by atoms with Gasteiger partial charge in [-0.15, -0.1) is 0 Å². The summed E-state index contributed by atoms with van der Waals surface area (Å²) in [6, 6.07) is 10.7. The summed E-state index contributed by atoms with van der Waals surface area (Å²) in [4.78, 5) is 10.7. The highest BCUT2D eigenvalue weighted by molar-refractivity contribution is 6.35. The minimum atomic E-state index is -1.10. The Bertz CT molecular complexity index is 835. The lowest BCUT2D eigenvalue weighted by molar-refractivity contribution is -0.131. The molecule has 0 atom stereocenters. The Hall–Kier alpha value is -2.50. The highest BCUT2D eigenvalue weighted by Crippen LogP contribution is 2.25. The standard InChI is InChI=1S/C18H17Cl2N3O2/c1-22-13-4-5-14(16(21)6-7-18(24)25)17(9-13)23-10-11-2-3-12(19)8-15(11)20/h2-9,21-23H,10H2,1H3,(H,24,25)/b7-6+,21-16?. The summed E-state index contributed by atoms with van der Waals surface area (Å²) in [6.07, 6.45) is 2.19. The van der Waals surface area contributed by atoms with Crippen molar-refractivity contribution < 1.29 is 9.90 Å². The lowest BCUT2D eigenvalue weighted by atomic mass is 10.1. The summed E-state index contributed by atoms with van der Waals surface area (Å²) in [7, 11) is 1.80. The van der Waals surface area contributed by atoms with Crippen molar-refractivity contribution >= 4 is 46.3 Å². The lowest BCUT2D eigenvalue weighted by Crippen LogP contribution is -2.07. The Morgan fingerprint density at radius 1 is 1.20 bits per heavy atom. The van der Waals surface area contributed by atoms with E-state index >= 15 is 0 Å². The predicted octanol–water partition coefficient (Wildman–Crippen LogP) is 4.66. The zero-order valence-electron chi connectivity index (χ0n) is 13.4. The molecular weight excluding hydrogens is 361 g/mol. The molecule has 0 aromatic heterocycles. The van der Waals surface area contributed by atoms with Gasteiger partial charge in [-0.1, -0.05) is 29.3 Å². The molecule has 0 spiro atoms. The predicted molar refractivity (Wildman–Crippen MR) is 103 cm³/mol. The molecule has 130 valence electrons. The molecule has 0 radical (unpaired) electrons. The number of carboxylic acids is 1. The summed E-state index contributed by atoms with van der Waals surface area (Å²) in [5.41, 5.74) is 3.09. The Kier molecular flexibility index (Phi) is 6.44. The molecule has 4 N–H and O–H groups in total. The fourth-order valence-corrected chi connectivity index (χ4v) is 2.66. The molecule has 25 heavy (non-hydrogen) atoms. The minimum absolute atomic E-state index is 0.0924. The first-order chi connectivity index (χ1) is 11.9. The Labute approximate surface area is 155 Å². The van der Waals surface area contributed by atoms with Crippen LogP contribution >= 0.6 is 23.2 Å². The third-order valence-corrected chi connectivity index (χ3v) is 4.06. The van der Waals surface area contributed by atoms with Crippen molar-refractivity contribution in [1.82, 2.24) is 0 Å². The van der Waals surface area contributed by atoms with Crippen molar-refractivity contribution in [3.05, 3.63) is 69.7 Å². The van der Waals surface area contributed by atoms with Crippen LogP contribution in [0.5, 0.6) is 0 Å². The molecule has 2 aromatic carbocycles. The van der Waals surface area contributed by atoms with Gasteiger partial charge in [-0.2, -0.15) is 0 Å². The summed E-state index contributed by atoms with van der Waals surface area (Å²) in [5.74, 6) is -1.10. The number of allylic oxidation sites excluding steroid dienone is 1. The van der Waals surface area contributed by atoms with Crippen molar-refractivity contribution in [3.8, 4) is 0 Å². The number of carboxylic acid groups (broad SMARTS) is 1. The summed E-state index contributed by atoms with van der Waals surface area (Å²) in [5, 5.41) is 24.2. The second kappa shape index (κ2) is 8.55. The maximum Gasteiger partial charge on any atom is 0.328 e. The van der Waals surface area contributed by atoms with Crippen LogP contribution in [-0.4, -0.2) is 23.8 Å². The zero-order valence-corrected chi connectivity index (χ0v) is 14.9. The van der Waals surface area contributed by atoms with Gasteiger partial charge in [-0.3, -0.25) is 0 Å². The first kappa shape index (κ1) is 18.8. The molecule has 0 heterocycles. The maximum absolute atomic E-state index is 10.7. The van der Waals surface area contributed by atoms with Gasteiger partial charge >= 0.3 is 5.97 Å². The van der Waals surface area contributed by atoms with E-state index in [2.05, 4.69) is 10.6 Å². The van der Waals surface area contributed by atoms with Crippen molar-refractivity contribution in [3.63, 3.8) is 0 Å². The van der Waals surface area contributed by atoms with Gasteiger partial charge in [-0.25, -0.2) is 4.79 Å². The fraction of sp³-hybridized carbons (Fsp3) is 0.111. The molecule has 0 saturated heterocycles. The van der Waals surface area contributed by atoms with E-state index in [1.54, 1.807) is 25.2 Å². The third kappa shape index (κ3) is 5.24. The zero-order chi connectivity index (χ0) is 18.4. The van der Waals surface area contributed by atoms with Crippen molar-refractivity contribution in [2.75, 3.05) is 17.7 Å². The van der Waals surface area contributed by atoms with Crippen LogP contribution in [0.2, 0.25) is 10.0 Å². The van der Waals surface area contributed by atoms with Crippen molar-refractivity contribution in [2.45, 2.75) is 6.54 Å². The highest BCUT2D eigenvalue weighted by atomic mass is 35.5. The van der Waals surface area contributed by atoms with Gasteiger partial charge in [0.05, 0.1) is 5.71 Å². The Morgan fingerprint density at radius 2 is 1.96 bits per heavy atom. The molecule has 0 bridgehead atoms. The van der Waals surface area contributed by atoms with Crippen LogP contribution in [0, 0.1) is 5.41 Å². The third-order valence-electron chi connectivity index (χ3n) is 3.48. The van der Waals surface area contributed by atoms with E-state index in [-0.39, 0.29) is 5.71 Å². The monoisotopic (exact) mass is 377 g/mol. The number of nitrogens with one attached hydrogen (secondary N) is 3. The normalized spacial score (nSPS) is 10.7. The van der Waals surface area contributed by atoms with E-state index in [0.717, 1.165) is 17.3 Å². The number of hydrogen-bond acceptors (Lipinski definition) is 4. The van der Waals surface area contributed by atoms with Crippen LogP contribution in [0.1, 0.15) is 11.1 Å². The van der Waals surface area contributed by atoms with Gasteiger partial charge in [0.2, 0.25) is 0 Å². The first-order valence-electron chi connectivity index (χ1n) is 7.40. The lowest BCUT2D eigenvalue weighted by Gasteiger charge is -2.14. The van der Waals surface area contributed by atoms with E-state index in [0.29, 0.717) is 27.8 Å². The fourth-order valence-electron chi connectivity index (χ4n) is 2.18. The van der Waals surface area contributed by atoms with Crippen LogP contribution in [-0.2, 0) is 11.3 Å². The average Bonchev–Trinajstić information content (AvgIpc) is 2.58. The Morgan fingerprint density at radius 3 is 2.60 bits per heavy atom. The first-order valence-corrected chi connectivity index (χ1v) is 8.16. The van der Waals surface area contributed by atoms with Crippen LogP contribution in [0.15, 0.2) is 48.6 Å². The molecule has 0 unspecified atom stereocenters. The number of carbonyl (C=O) groups is 1. The second-order valence-electron chi connectivity index (χ2n) is 5.18. The molecule has 0 fully saturated rings. The molecule has 0 aliphatic carbocycles. The van der Waals surface area contributed by atoms with Gasteiger partial charge in [0.25, 0.3) is 0 Å². The largest absolute Gasteiger partial charge is 0.478 e. The van der Waals surface area contributed by atoms with Crippen LogP contribution in [0.3, 0.4) is 0 Å². The molecule has 0 saturated carbocycles. The van der Waals surface area contributed by atoms with Crippen LogP contribution < -0.4 is 10.6 Å². The molecule has 5 nitrogen and oxygen atoms in total. The van der Waals surface area contributed by atoms with E-state index in [9.17, 15) is 4.79 Å². The van der Waals surface area contributed by atoms with Crippen molar-refractivity contribution in [1.29, 1.82) is 5.41 Å². The summed E-state index contributed by atoms with van der Waals surface area (Å²) >= 11 is 12.1. The number of anilines is 2. The summed E-state index contributed by atoms with van der Waals surface area (Å²) in [6.45, 7) is 0.437. The van der Waals surface area contributed by atoms with Crippen molar-refractivity contribution in [2.24, 2.45) is 0 Å². The number of aliphatic carboxylic acids is 1. The molecule has 7 heteroatoms. The van der Waals surface area contributed by atoms with Crippen LogP contribution in [0.4, 0.5) is 11.4 Å². The van der Waals surface area contributed by atoms with Gasteiger partial charge in [-0.05, 0) is 42.0 Å². The number of hydrogen-bond donors (Lipinski definition) is 4. The molecule has 2 aromatic rings. The molecule has 0 aliphatic rings. The van der Waals surface area contributed by atoms with E-state index in [1.807, 2.05) is 18.2 Å². The van der Waals surface area contributed by atoms with Gasteiger partial charge in [0.1, 0.15) is 0 Å². The molecule has 0 aliphatic heterocycles. The Balaban J connectivity index is 2.27. The van der Waals surface area contributed by atoms with Gasteiger partial charge < -0.3 is 21.1 Å². The van der Waals surface area contributed by atoms with Gasteiger partial charge in [0.15, 0.2) is 0 Å². The van der Waals surface area contributed by atoms with Crippen LogP contribution in [0.25, 0.3) is 0 Å². The summed E-state index contributed by atoms with van der Waals surface area (Å²) < 4.78 is 0. The average molecular weight is 378 g/mol. The highest BCUT2D eigenvalue weighted by Gasteiger charge is 2.09. The van der Waals surface area contributed by atoms with Gasteiger partial charge in [0, 0.05) is 46.7 Å². The second-order valence-corrected chi connectivity index (χ2v) is 6.03. The smallest absolute Gasteiger partial charge is 0.328 e. The molecule has 0 amide bonds. The van der Waals surface area contributed by atoms with E-state index in [1.165, 1.54) is 6.08 Å². The minimum Gasteiger partial charge on any atom is -0.478 e. The number of rotatable bonds is 7. The maximum atomic E-state index is 10.7. The molecular formula is C18H17Cl2N3O2.